The molecule has 0 spiro atoms. The van der Waals surface area contributed by atoms with Gasteiger partial charge in [0.2, 0.25) is 0 Å². The Bertz CT molecular complexity index is 1200. The maximum absolute atomic E-state index is 6.56. The second kappa shape index (κ2) is 10.1. The molecule has 0 N–H and O–H groups in total. The molecule has 3 aromatic rings. The lowest BCUT2D eigenvalue weighted by atomic mass is 10.0. The molecule has 0 amide bonds. The van der Waals surface area contributed by atoms with E-state index in [9.17, 15) is 0 Å². The van der Waals surface area contributed by atoms with Gasteiger partial charge in [-0.3, -0.25) is 0 Å². The molecule has 0 unspecified atom stereocenters. The van der Waals surface area contributed by atoms with Crippen molar-refractivity contribution in [2.24, 2.45) is 0 Å². The molecule has 0 saturated carbocycles. The molecule has 0 radical (unpaired) electrons. The summed E-state index contributed by atoms with van der Waals surface area (Å²) in [5, 5.41) is 0. The van der Waals surface area contributed by atoms with E-state index in [1.54, 1.807) is 0 Å². The van der Waals surface area contributed by atoms with E-state index in [2.05, 4.69) is 86.6 Å². The van der Waals surface area contributed by atoms with Crippen LogP contribution in [0.2, 0.25) is 0 Å². The van der Waals surface area contributed by atoms with Crippen LogP contribution in [0.1, 0.15) is 73.3 Å². The lowest BCUT2D eigenvalue weighted by Gasteiger charge is -2.12. The molecular weight excluding hydrogens is 420 g/mol. The van der Waals surface area contributed by atoms with Gasteiger partial charge in [0.15, 0.2) is 0 Å². The van der Waals surface area contributed by atoms with Crippen molar-refractivity contribution in [3.8, 4) is 0 Å². The van der Waals surface area contributed by atoms with Gasteiger partial charge in [-0.1, -0.05) is 117 Å². The number of allylic oxidation sites excluding steroid dienone is 2. The van der Waals surface area contributed by atoms with E-state index in [1.807, 2.05) is 11.8 Å². The van der Waals surface area contributed by atoms with Crippen molar-refractivity contribution in [3.05, 3.63) is 101 Å². The highest BCUT2D eigenvalue weighted by Crippen LogP contribution is 2.59. The maximum Gasteiger partial charge on any atom is 0.135 e. The molecule has 5 rings (SSSR count). The van der Waals surface area contributed by atoms with Gasteiger partial charge in [-0.15, -0.1) is 0 Å². The maximum atomic E-state index is 6.56. The van der Waals surface area contributed by atoms with Gasteiger partial charge >= 0.3 is 0 Å². The van der Waals surface area contributed by atoms with Crippen molar-refractivity contribution >= 4 is 33.6 Å². The summed E-state index contributed by atoms with van der Waals surface area (Å²) < 4.78 is 6.56. The second-order valence-corrected chi connectivity index (χ2v) is 10.1. The van der Waals surface area contributed by atoms with Crippen LogP contribution in [0.3, 0.4) is 0 Å². The third-order valence-electron chi connectivity index (χ3n) is 6.57. The van der Waals surface area contributed by atoms with Gasteiger partial charge in [0.05, 0.1) is 6.61 Å². The number of hydrogen-bond acceptors (Lipinski definition) is 2. The first-order valence-electron chi connectivity index (χ1n) is 12.3. The average molecular weight is 453 g/mol. The molecular formula is C31H32OS. The summed E-state index contributed by atoms with van der Waals surface area (Å²) in [7, 11) is 0. The van der Waals surface area contributed by atoms with Crippen molar-refractivity contribution < 1.29 is 4.74 Å². The molecule has 2 aliphatic carbocycles. The molecule has 0 fully saturated rings. The van der Waals surface area contributed by atoms with E-state index in [4.69, 9.17) is 4.74 Å². The smallest absolute Gasteiger partial charge is 0.135 e. The third-order valence-corrected chi connectivity index (χ3v) is 7.71. The fourth-order valence-electron chi connectivity index (χ4n) is 4.85. The van der Waals surface area contributed by atoms with Crippen molar-refractivity contribution in [3.63, 3.8) is 0 Å². The van der Waals surface area contributed by atoms with Crippen LogP contribution < -0.4 is 0 Å². The number of benzene rings is 3. The van der Waals surface area contributed by atoms with E-state index in [0.717, 1.165) is 18.8 Å². The van der Waals surface area contributed by atoms with Crippen LogP contribution in [0.5, 0.6) is 0 Å². The Morgan fingerprint density at radius 3 is 1.97 bits per heavy atom. The molecule has 168 valence electrons. The zero-order valence-electron chi connectivity index (χ0n) is 19.7. The minimum absolute atomic E-state index is 0.787. The van der Waals surface area contributed by atoms with Crippen LogP contribution in [-0.4, -0.2) is 6.61 Å². The number of ether oxygens (including phenoxy) is 1. The quantitative estimate of drug-likeness (QED) is 0.283. The number of aryl methyl sites for hydroxylation is 1. The molecule has 0 bridgehead atoms. The summed E-state index contributed by atoms with van der Waals surface area (Å²) >= 11 is 1.87. The fourth-order valence-corrected chi connectivity index (χ4v) is 5.96. The summed E-state index contributed by atoms with van der Waals surface area (Å²) in [5.41, 5.74) is 9.09. The average Bonchev–Trinajstić information content (AvgIpc) is 3.33. The third kappa shape index (κ3) is 4.42. The monoisotopic (exact) mass is 452 g/mol. The predicted octanol–water partition coefficient (Wildman–Crippen LogP) is 9.23. The molecule has 0 heterocycles. The normalized spacial score (nSPS) is 13.9. The number of unbranched alkanes of at least 4 members (excludes halogenated alkanes) is 5. The number of rotatable bonds is 10. The Kier molecular flexibility index (Phi) is 6.73. The lowest BCUT2D eigenvalue weighted by Crippen LogP contribution is -1.96. The Morgan fingerprint density at radius 2 is 1.24 bits per heavy atom. The number of fused-ring (bicyclic) bond motifs is 5. The van der Waals surface area contributed by atoms with E-state index in [0.29, 0.717) is 0 Å². The molecule has 1 nitrogen and oxygen atoms in total. The highest BCUT2D eigenvalue weighted by Gasteiger charge is 2.37. The SMILES string of the molecule is CCCCCCCCOC1=C2C(=C(Sc3ccc(C)cc3)c3ccccc32)c2ccccc21. The predicted molar refractivity (Wildman–Crippen MR) is 143 cm³/mol. The van der Waals surface area contributed by atoms with Gasteiger partial charge in [-0.2, -0.15) is 0 Å². The summed E-state index contributed by atoms with van der Waals surface area (Å²) in [6, 6.07) is 26.4. The van der Waals surface area contributed by atoms with Crippen LogP contribution in [0, 0.1) is 6.92 Å². The number of hydrogen-bond donors (Lipinski definition) is 0. The first-order valence-corrected chi connectivity index (χ1v) is 13.2. The van der Waals surface area contributed by atoms with Crippen LogP contribution in [0.15, 0.2) is 77.7 Å². The molecule has 0 aliphatic heterocycles. The van der Waals surface area contributed by atoms with E-state index in [1.165, 1.54) is 80.9 Å². The highest BCUT2D eigenvalue weighted by atomic mass is 32.2. The summed E-state index contributed by atoms with van der Waals surface area (Å²) in [5.74, 6) is 1.07. The molecule has 2 heteroatoms. The summed E-state index contributed by atoms with van der Waals surface area (Å²) in [6.45, 7) is 5.20. The van der Waals surface area contributed by atoms with Gasteiger partial charge < -0.3 is 4.74 Å². The Hall–Kier alpha value is -2.71. The van der Waals surface area contributed by atoms with Crippen molar-refractivity contribution in [1.29, 1.82) is 0 Å². The Labute approximate surface area is 202 Å². The van der Waals surface area contributed by atoms with Gasteiger partial charge in [0.25, 0.3) is 0 Å². The van der Waals surface area contributed by atoms with Crippen molar-refractivity contribution in [2.45, 2.75) is 57.3 Å². The second-order valence-electron chi connectivity index (χ2n) is 9.03. The fraction of sp³-hybridized carbons (Fsp3) is 0.290. The van der Waals surface area contributed by atoms with Gasteiger partial charge in [-0.05, 0) is 42.2 Å². The molecule has 0 atom stereocenters. The first-order chi connectivity index (χ1) is 16.3. The summed E-state index contributed by atoms with van der Waals surface area (Å²) in [4.78, 5) is 2.62. The largest absolute Gasteiger partial charge is 0.492 e. The van der Waals surface area contributed by atoms with Crippen LogP contribution in [-0.2, 0) is 4.74 Å². The number of thioether (sulfide) groups is 1. The molecule has 3 aromatic carbocycles. The Morgan fingerprint density at radius 1 is 0.636 bits per heavy atom. The van der Waals surface area contributed by atoms with Crippen LogP contribution >= 0.6 is 11.8 Å². The van der Waals surface area contributed by atoms with Gasteiger partial charge in [-0.25, -0.2) is 0 Å². The molecule has 0 saturated heterocycles. The zero-order chi connectivity index (χ0) is 22.6. The zero-order valence-corrected chi connectivity index (χ0v) is 20.5. The van der Waals surface area contributed by atoms with Gasteiger partial charge in [0, 0.05) is 26.5 Å². The lowest BCUT2D eigenvalue weighted by molar-refractivity contribution is 0.268. The Balaban J connectivity index is 1.49. The molecule has 33 heavy (non-hydrogen) atoms. The molecule has 2 aliphatic rings. The van der Waals surface area contributed by atoms with Crippen molar-refractivity contribution in [1.82, 2.24) is 0 Å². The van der Waals surface area contributed by atoms with E-state index in [-0.39, 0.29) is 0 Å². The first kappa shape index (κ1) is 22.1. The standard InChI is InChI=1S/C31H32OS/c1-3-4-5-6-7-12-21-32-30-26-15-10-8-13-24(26)29-28(30)25-14-9-11-16-27(25)31(29)33-23-19-17-22(2)18-20-23/h8-11,13-20H,3-7,12,21H2,1-2H3. The van der Waals surface area contributed by atoms with Crippen LogP contribution in [0.25, 0.3) is 21.8 Å². The minimum atomic E-state index is 0.787. The van der Waals surface area contributed by atoms with E-state index < -0.39 is 0 Å². The van der Waals surface area contributed by atoms with Crippen molar-refractivity contribution in [2.75, 3.05) is 6.61 Å². The highest BCUT2D eigenvalue weighted by molar-refractivity contribution is 8.08. The van der Waals surface area contributed by atoms with E-state index >= 15 is 0 Å². The summed E-state index contributed by atoms with van der Waals surface area (Å²) in [6.07, 6.45) is 7.65. The molecule has 0 aromatic heterocycles. The van der Waals surface area contributed by atoms with Crippen LogP contribution in [0.4, 0.5) is 0 Å². The van der Waals surface area contributed by atoms with Gasteiger partial charge in [0.1, 0.15) is 5.76 Å². The minimum Gasteiger partial charge on any atom is -0.492 e. The topological polar surface area (TPSA) is 9.23 Å².